The van der Waals surface area contributed by atoms with Gasteiger partial charge in [0.2, 0.25) is 11.8 Å². The van der Waals surface area contributed by atoms with Crippen molar-refractivity contribution in [3.63, 3.8) is 0 Å². The highest BCUT2D eigenvalue weighted by molar-refractivity contribution is 8.00. The largest absolute Gasteiger partial charge is 0.342 e. The topological polar surface area (TPSA) is 85.0 Å². The Labute approximate surface area is 179 Å². The summed E-state index contributed by atoms with van der Waals surface area (Å²) >= 11 is 1.34. The summed E-state index contributed by atoms with van der Waals surface area (Å²) in [5, 5.41) is 6.05. The zero-order valence-corrected chi connectivity index (χ0v) is 17.8. The van der Waals surface area contributed by atoms with Crippen LogP contribution in [0.2, 0.25) is 0 Å². The van der Waals surface area contributed by atoms with E-state index in [2.05, 4.69) is 10.6 Å². The lowest BCUT2D eigenvalue weighted by Crippen LogP contribution is -2.72. The molecule has 0 aromatic heterocycles. The van der Waals surface area contributed by atoms with Crippen molar-refractivity contribution in [1.82, 2.24) is 25.3 Å². The molecule has 0 spiro atoms. The summed E-state index contributed by atoms with van der Waals surface area (Å²) in [6.45, 7) is 1.53. The van der Waals surface area contributed by atoms with Gasteiger partial charge in [-0.05, 0) is 18.9 Å². The average Bonchev–Trinajstić information content (AvgIpc) is 3.29. The number of amides is 4. The van der Waals surface area contributed by atoms with Crippen molar-refractivity contribution in [2.75, 3.05) is 32.9 Å². The molecule has 30 heavy (non-hydrogen) atoms. The number of fused-ring (bicyclic) bond motifs is 1. The molecule has 1 aromatic rings. The molecule has 3 heterocycles. The Hall–Kier alpha value is -2.17. The van der Waals surface area contributed by atoms with Gasteiger partial charge < -0.3 is 9.80 Å². The van der Waals surface area contributed by atoms with Crippen LogP contribution < -0.4 is 10.6 Å². The van der Waals surface area contributed by atoms with E-state index in [1.807, 2.05) is 4.90 Å². The van der Waals surface area contributed by atoms with Crippen LogP contribution >= 0.6 is 11.8 Å². The Morgan fingerprint density at radius 2 is 1.87 bits per heavy atom. The first kappa shape index (κ1) is 21.1. The Bertz CT molecular complexity index is 849. The number of imide groups is 1. The number of carbonyl (C=O) groups is 3. The van der Waals surface area contributed by atoms with Crippen LogP contribution in [-0.4, -0.2) is 77.0 Å². The van der Waals surface area contributed by atoms with Crippen molar-refractivity contribution in [1.29, 1.82) is 0 Å². The number of nitrogens with one attached hydrogen (secondary N) is 2. The molecular weight excluding hydrogens is 409 g/mol. The van der Waals surface area contributed by atoms with Crippen LogP contribution in [0.25, 0.3) is 0 Å². The molecule has 0 bridgehead atoms. The van der Waals surface area contributed by atoms with Crippen LogP contribution in [0.5, 0.6) is 0 Å². The third kappa shape index (κ3) is 3.79. The molecule has 0 radical (unpaired) electrons. The van der Waals surface area contributed by atoms with E-state index in [1.54, 1.807) is 25.2 Å². The minimum atomic E-state index is -0.605. The summed E-state index contributed by atoms with van der Waals surface area (Å²) in [6, 6.07) is 5.97. The minimum absolute atomic E-state index is 0.0397. The van der Waals surface area contributed by atoms with Gasteiger partial charge in [-0.3, -0.25) is 25.1 Å². The van der Waals surface area contributed by atoms with E-state index < -0.39 is 29.7 Å². The maximum Gasteiger partial charge on any atom is 0.327 e. The Morgan fingerprint density at radius 1 is 1.17 bits per heavy atom. The molecule has 4 rings (SSSR count). The second kappa shape index (κ2) is 8.52. The van der Waals surface area contributed by atoms with Crippen molar-refractivity contribution in [3.8, 4) is 0 Å². The molecule has 1 aromatic carbocycles. The third-order valence-corrected chi connectivity index (χ3v) is 7.22. The normalized spacial score (nSPS) is 29.4. The predicted octanol–water partition coefficient (Wildman–Crippen LogP) is 1.16. The molecule has 3 aliphatic rings. The maximum absolute atomic E-state index is 14.5. The molecule has 0 saturated carbocycles. The van der Waals surface area contributed by atoms with E-state index in [4.69, 9.17) is 0 Å². The quantitative estimate of drug-likeness (QED) is 0.739. The number of nitrogens with zero attached hydrogens (tertiary/aromatic N) is 3. The second-order valence-corrected chi connectivity index (χ2v) is 9.00. The molecule has 2 N–H and O–H groups in total. The summed E-state index contributed by atoms with van der Waals surface area (Å²) in [6.07, 6.45) is 0.820. The summed E-state index contributed by atoms with van der Waals surface area (Å²) in [7, 11) is 3.08. The highest BCUT2D eigenvalue weighted by atomic mass is 32.2. The van der Waals surface area contributed by atoms with Crippen LogP contribution in [0.1, 0.15) is 24.6 Å². The summed E-state index contributed by atoms with van der Waals surface area (Å²) in [4.78, 5) is 42.4. The Morgan fingerprint density at radius 3 is 2.57 bits per heavy atom. The number of hydrogen-bond donors (Lipinski definition) is 2. The average molecular weight is 436 g/mol. The van der Waals surface area contributed by atoms with E-state index >= 15 is 0 Å². The first-order valence-electron chi connectivity index (χ1n) is 10.1. The van der Waals surface area contributed by atoms with Crippen LogP contribution in [0.4, 0.5) is 9.18 Å². The first-order chi connectivity index (χ1) is 14.4. The van der Waals surface area contributed by atoms with Crippen molar-refractivity contribution in [2.45, 2.75) is 30.5 Å². The number of hydrogen-bond acceptors (Lipinski definition) is 6. The molecule has 4 amide bonds. The molecule has 10 heteroatoms. The number of urea groups is 1. The fraction of sp³-hybridized carbons (Fsp3) is 0.550. The van der Waals surface area contributed by atoms with Crippen LogP contribution in [-0.2, 0) is 9.59 Å². The Balaban J connectivity index is 1.59. The smallest absolute Gasteiger partial charge is 0.327 e. The van der Waals surface area contributed by atoms with Gasteiger partial charge in [-0.25, -0.2) is 9.18 Å². The number of halogens is 1. The van der Waals surface area contributed by atoms with Crippen molar-refractivity contribution >= 4 is 29.6 Å². The molecule has 8 nitrogen and oxygen atoms in total. The van der Waals surface area contributed by atoms with Gasteiger partial charge in [-0.15, -0.1) is 11.8 Å². The molecule has 3 fully saturated rings. The molecule has 162 valence electrons. The summed E-state index contributed by atoms with van der Waals surface area (Å²) in [5.74, 6) is -1.04. The number of thioether (sulfide) groups is 1. The fourth-order valence-electron chi connectivity index (χ4n) is 4.31. The molecule has 0 aliphatic carbocycles. The van der Waals surface area contributed by atoms with E-state index in [9.17, 15) is 18.8 Å². The van der Waals surface area contributed by atoms with Crippen molar-refractivity contribution < 1.29 is 18.8 Å². The number of benzene rings is 1. The lowest BCUT2D eigenvalue weighted by molar-refractivity contribution is -0.140. The number of carbonyl (C=O) groups excluding carboxylic acids is 3. The van der Waals surface area contributed by atoms with Gasteiger partial charge >= 0.3 is 6.03 Å². The molecule has 3 aliphatic heterocycles. The second-order valence-electron chi connectivity index (χ2n) is 7.87. The van der Waals surface area contributed by atoms with Gasteiger partial charge in [-0.1, -0.05) is 18.2 Å². The van der Waals surface area contributed by atoms with Gasteiger partial charge in [0.05, 0.1) is 29.4 Å². The van der Waals surface area contributed by atoms with Crippen molar-refractivity contribution in [3.05, 3.63) is 35.6 Å². The predicted molar refractivity (Wildman–Crippen MR) is 111 cm³/mol. The van der Waals surface area contributed by atoms with E-state index in [-0.39, 0.29) is 23.4 Å². The Kier molecular flexibility index (Phi) is 5.99. The molecule has 4 atom stereocenters. The molecular formula is C20H26FN5O3S. The number of rotatable bonds is 4. The van der Waals surface area contributed by atoms with Gasteiger partial charge in [0.25, 0.3) is 0 Å². The summed E-state index contributed by atoms with van der Waals surface area (Å²) in [5.41, 5.74) is 0.402. The third-order valence-electron chi connectivity index (χ3n) is 6.02. The highest BCUT2D eigenvalue weighted by Gasteiger charge is 2.51. The zero-order valence-electron chi connectivity index (χ0n) is 17.0. The van der Waals surface area contributed by atoms with Gasteiger partial charge in [0.15, 0.2) is 0 Å². The maximum atomic E-state index is 14.5. The standard InChI is InChI=1S/C20H26FN5O3S/c1-24-17-15(19(28)25(2)20(24)29)18(30-11-14(27)26-9-5-6-10-26)23-16(22-17)12-7-3-4-8-13(12)21/h3-4,7-8,15-18,22-23H,5-6,9-11H2,1-2H3. The van der Waals surface area contributed by atoms with Crippen LogP contribution in [0, 0.1) is 11.7 Å². The van der Waals surface area contributed by atoms with Crippen LogP contribution in [0.3, 0.4) is 0 Å². The highest BCUT2D eigenvalue weighted by Crippen LogP contribution is 2.35. The SMILES string of the molecule is CN1C(=O)C2C(SCC(=O)N3CCCC3)NC(c3ccccc3F)NC2N(C)C1=O. The van der Waals surface area contributed by atoms with Crippen LogP contribution in [0.15, 0.2) is 24.3 Å². The lowest BCUT2D eigenvalue weighted by Gasteiger charge is -2.50. The fourth-order valence-corrected chi connectivity index (χ4v) is 5.52. The monoisotopic (exact) mass is 435 g/mol. The lowest BCUT2D eigenvalue weighted by atomic mass is 9.96. The van der Waals surface area contributed by atoms with Gasteiger partial charge in [0, 0.05) is 32.7 Å². The van der Waals surface area contributed by atoms with Gasteiger partial charge in [-0.2, -0.15) is 0 Å². The van der Waals surface area contributed by atoms with E-state index in [0.29, 0.717) is 5.56 Å². The first-order valence-corrected chi connectivity index (χ1v) is 11.1. The van der Waals surface area contributed by atoms with E-state index in [0.717, 1.165) is 30.8 Å². The zero-order chi connectivity index (χ0) is 21.4. The minimum Gasteiger partial charge on any atom is -0.342 e. The van der Waals surface area contributed by atoms with E-state index in [1.165, 1.54) is 29.8 Å². The van der Waals surface area contributed by atoms with Crippen molar-refractivity contribution in [2.24, 2.45) is 5.92 Å². The summed E-state index contributed by atoms with van der Waals surface area (Å²) < 4.78 is 14.5. The van der Waals surface area contributed by atoms with Gasteiger partial charge in [0.1, 0.15) is 5.82 Å². The molecule has 3 saturated heterocycles. The molecule has 4 unspecified atom stereocenters. The number of likely N-dealkylation sites (tertiary alicyclic amines) is 1.